The molecule has 1 rings (SSSR count). The number of hydrogen-bond donors (Lipinski definition) is 2. The predicted octanol–water partition coefficient (Wildman–Crippen LogP) is 1.20. The van der Waals surface area contributed by atoms with Gasteiger partial charge >= 0.3 is 12.3 Å². The quantitative estimate of drug-likeness (QED) is 0.803. The van der Waals surface area contributed by atoms with Crippen LogP contribution in [0.2, 0.25) is 0 Å². The molecule has 0 bridgehead atoms. The maximum atomic E-state index is 12.3. The largest absolute Gasteiger partial charge is 0.573 e. The summed E-state index contributed by atoms with van der Waals surface area (Å²) in [6.07, 6.45) is -3.91. The zero-order valence-corrected chi connectivity index (χ0v) is 9.95. The first-order valence-corrected chi connectivity index (χ1v) is 5.20. The number of carbonyl (C=O) groups is 1. The number of nitrogens with zero attached hydrogens (tertiary/aromatic N) is 1. The monoisotopic (exact) mass is 279 g/mol. The summed E-state index contributed by atoms with van der Waals surface area (Å²) < 4.78 is 45.3. The van der Waals surface area contributed by atoms with Gasteiger partial charge in [-0.15, -0.1) is 13.2 Å². The summed E-state index contributed by atoms with van der Waals surface area (Å²) in [6, 6.07) is 0. The molecule has 0 amide bonds. The molecule has 0 spiro atoms. The number of esters is 1. The van der Waals surface area contributed by atoms with Gasteiger partial charge < -0.3 is 20.9 Å². The number of rotatable bonds is 4. The molecule has 19 heavy (non-hydrogen) atoms. The number of nitrogens with two attached hydrogens (primary N) is 2. The van der Waals surface area contributed by atoms with Gasteiger partial charge in [-0.05, 0) is 6.92 Å². The minimum Gasteiger partial charge on any atom is -0.462 e. The van der Waals surface area contributed by atoms with Crippen LogP contribution in [0.5, 0.6) is 5.75 Å². The zero-order chi connectivity index (χ0) is 14.6. The first kappa shape index (κ1) is 15.0. The van der Waals surface area contributed by atoms with Gasteiger partial charge in [0, 0.05) is 18.3 Å². The SMILES string of the molecule is CCOC(=O)c1c(CN)cnc(N)c1OC(F)(F)F. The van der Waals surface area contributed by atoms with Gasteiger partial charge in [-0.3, -0.25) is 0 Å². The van der Waals surface area contributed by atoms with Gasteiger partial charge in [-0.25, -0.2) is 9.78 Å². The Kier molecular flexibility index (Phi) is 4.54. The lowest BCUT2D eigenvalue weighted by molar-refractivity contribution is -0.274. The topological polar surface area (TPSA) is 100 Å². The van der Waals surface area contributed by atoms with Crippen molar-refractivity contribution in [3.63, 3.8) is 0 Å². The van der Waals surface area contributed by atoms with Crippen molar-refractivity contribution < 1.29 is 27.4 Å². The van der Waals surface area contributed by atoms with E-state index >= 15 is 0 Å². The third kappa shape index (κ3) is 3.71. The van der Waals surface area contributed by atoms with Gasteiger partial charge in [0.05, 0.1) is 6.61 Å². The summed E-state index contributed by atoms with van der Waals surface area (Å²) in [4.78, 5) is 15.2. The summed E-state index contributed by atoms with van der Waals surface area (Å²) in [5, 5.41) is 0. The first-order chi connectivity index (χ1) is 8.80. The predicted molar refractivity (Wildman–Crippen MR) is 59.2 cm³/mol. The minimum absolute atomic E-state index is 0.0173. The molecule has 4 N–H and O–H groups in total. The Bertz CT molecular complexity index is 477. The van der Waals surface area contributed by atoms with Crippen LogP contribution in [0.3, 0.4) is 0 Å². The number of alkyl halides is 3. The molecular weight excluding hydrogens is 267 g/mol. The van der Waals surface area contributed by atoms with E-state index in [1.165, 1.54) is 6.92 Å². The number of pyridine rings is 1. The molecule has 9 heteroatoms. The molecule has 0 aliphatic heterocycles. The van der Waals surface area contributed by atoms with Crippen molar-refractivity contribution in [2.45, 2.75) is 19.8 Å². The summed E-state index contributed by atoms with van der Waals surface area (Å²) >= 11 is 0. The Labute approximate surface area is 106 Å². The molecule has 0 aromatic carbocycles. The lowest BCUT2D eigenvalue weighted by atomic mass is 10.1. The molecule has 0 aliphatic carbocycles. The molecule has 1 aromatic rings. The van der Waals surface area contributed by atoms with Gasteiger partial charge in [0.25, 0.3) is 0 Å². The fourth-order valence-electron chi connectivity index (χ4n) is 1.35. The molecule has 0 unspecified atom stereocenters. The number of ether oxygens (including phenoxy) is 2. The van der Waals surface area contributed by atoms with E-state index in [9.17, 15) is 18.0 Å². The Hall–Kier alpha value is -2.03. The summed E-state index contributed by atoms with van der Waals surface area (Å²) in [5.41, 5.74) is 10.2. The molecule has 0 saturated carbocycles. The minimum atomic E-state index is -5.01. The van der Waals surface area contributed by atoms with Crippen molar-refractivity contribution in [3.8, 4) is 5.75 Å². The molecule has 0 fully saturated rings. The molecule has 0 radical (unpaired) electrons. The van der Waals surface area contributed by atoms with E-state index < -0.39 is 29.5 Å². The molecule has 0 saturated heterocycles. The van der Waals surface area contributed by atoms with E-state index in [2.05, 4.69) is 14.5 Å². The maximum absolute atomic E-state index is 12.3. The van der Waals surface area contributed by atoms with Gasteiger partial charge in [0.2, 0.25) is 0 Å². The average molecular weight is 279 g/mol. The second kappa shape index (κ2) is 5.74. The number of halogens is 3. The van der Waals surface area contributed by atoms with Crippen molar-refractivity contribution in [2.24, 2.45) is 5.73 Å². The van der Waals surface area contributed by atoms with Crippen LogP contribution < -0.4 is 16.2 Å². The van der Waals surface area contributed by atoms with Crippen LogP contribution in [0, 0.1) is 0 Å². The van der Waals surface area contributed by atoms with E-state index in [1.54, 1.807) is 0 Å². The van der Waals surface area contributed by atoms with Crippen LogP contribution in [-0.2, 0) is 11.3 Å². The Morgan fingerprint density at radius 1 is 1.47 bits per heavy atom. The fourth-order valence-corrected chi connectivity index (χ4v) is 1.35. The normalized spacial score (nSPS) is 11.2. The van der Waals surface area contributed by atoms with E-state index in [4.69, 9.17) is 11.5 Å². The number of anilines is 1. The van der Waals surface area contributed by atoms with Crippen LogP contribution in [0.1, 0.15) is 22.8 Å². The van der Waals surface area contributed by atoms with Crippen LogP contribution in [0.25, 0.3) is 0 Å². The lowest BCUT2D eigenvalue weighted by Gasteiger charge is -2.16. The Morgan fingerprint density at radius 3 is 2.58 bits per heavy atom. The Balaban J connectivity index is 3.36. The number of hydrogen-bond acceptors (Lipinski definition) is 6. The van der Waals surface area contributed by atoms with Gasteiger partial charge in [0.1, 0.15) is 5.56 Å². The zero-order valence-electron chi connectivity index (χ0n) is 9.95. The van der Waals surface area contributed by atoms with Crippen LogP contribution in [-0.4, -0.2) is 23.9 Å². The number of aromatic nitrogens is 1. The fraction of sp³-hybridized carbons (Fsp3) is 0.400. The van der Waals surface area contributed by atoms with Gasteiger partial charge in [0.15, 0.2) is 11.6 Å². The molecule has 0 aliphatic rings. The molecule has 1 aromatic heterocycles. The first-order valence-electron chi connectivity index (χ1n) is 5.20. The third-order valence-electron chi connectivity index (χ3n) is 2.06. The highest BCUT2D eigenvalue weighted by atomic mass is 19.4. The summed E-state index contributed by atoms with van der Waals surface area (Å²) in [7, 11) is 0. The van der Waals surface area contributed by atoms with Crippen molar-refractivity contribution in [1.29, 1.82) is 0 Å². The highest BCUT2D eigenvalue weighted by Gasteiger charge is 2.35. The molecular formula is C10H12F3N3O3. The average Bonchev–Trinajstić information content (AvgIpc) is 2.30. The second-order valence-corrected chi connectivity index (χ2v) is 3.35. The lowest BCUT2D eigenvalue weighted by Crippen LogP contribution is -2.22. The highest BCUT2D eigenvalue weighted by molar-refractivity contribution is 5.95. The highest BCUT2D eigenvalue weighted by Crippen LogP contribution is 2.33. The molecule has 1 heterocycles. The van der Waals surface area contributed by atoms with Crippen molar-refractivity contribution in [3.05, 3.63) is 17.3 Å². The van der Waals surface area contributed by atoms with Crippen molar-refractivity contribution >= 4 is 11.8 Å². The van der Waals surface area contributed by atoms with E-state index in [1.807, 2.05) is 0 Å². The van der Waals surface area contributed by atoms with Crippen LogP contribution in [0.15, 0.2) is 6.20 Å². The second-order valence-electron chi connectivity index (χ2n) is 3.35. The smallest absolute Gasteiger partial charge is 0.462 e. The molecule has 0 atom stereocenters. The van der Waals surface area contributed by atoms with Crippen LogP contribution in [0.4, 0.5) is 19.0 Å². The summed E-state index contributed by atoms with van der Waals surface area (Å²) in [5.74, 6) is -2.47. The standard InChI is InChI=1S/C10H12F3N3O3/c1-2-18-9(17)6-5(3-14)4-16-8(15)7(6)19-10(11,12)13/h4H,2-3,14H2,1H3,(H2,15,16). The van der Waals surface area contributed by atoms with Crippen LogP contribution >= 0.6 is 0 Å². The van der Waals surface area contributed by atoms with E-state index in [0.717, 1.165) is 6.20 Å². The van der Waals surface area contributed by atoms with Gasteiger partial charge in [-0.2, -0.15) is 0 Å². The van der Waals surface area contributed by atoms with Gasteiger partial charge in [-0.1, -0.05) is 0 Å². The van der Waals surface area contributed by atoms with Crippen molar-refractivity contribution in [1.82, 2.24) is 4.98 Å². The molecule has 6 nitrogen and oxygen atoms in total. The number of nitrogen functional groups attached to an aromatic ring is 1. The van der Waals surface area contributed by atoms with Crippen molar-refractivity contribution in [2.75, 3.05) is 12.3 Å². The summed E-state index contributed by atoms with van der Waals surface area (Å²) in [6.45, 7) is 1.28. The maximum Gasteiger partial charge on any atom is 0.573 e. The number of carbonyl (C=O) groups excluding carboxylic acids is 1. The Morgan fingerprint density at radius 2 is 2.11 bits per heavy atom. The third-order valence-corrected chi connectivity index (χ3v) is 2.06. The molecule has 106 valence electrons. The van der Waals surface area contributed by atoms with E-state index in [0.29, 0.717) is 0 Å². The van der Waals surface area contributed by atoms with E-state index in [-0.39, 0.29) is 18.7 Å².